The minimum Gasteiger partial charge on any atom is -0.480 e. The van der Waals surface area contributed by atoms with Crippen molar-refractivity contribution in [3.63, 3.8) is 0 Å². The molecule has 3 heterocycles. The van der Waals surface area contributed by atoms with Crippen LogP contribution in [0.1, 0.15) is 37.0 Å². The van der Waals surface area contributed by atoms with Crippen LogP contribution in [-0.4, -0.2) is 79.0 Å². The quantitative estimate of drug-likeness (QED) is 0.551. The van der Waals surface area contributed by atoms with Crippen LogP contribution in [0, 0.1) is 6.92 Å². The van der Waals surface area contributed by atoms with Crippen molar-refractivity contribution in [3.05, 3.63) is 51.7 Å². The number of aryl methyl sites for hydroxylation is 1. The van der Waals surface area contributed by atoms with Crippen LogP contribution in [-0.2, 0) is 17.9 Å². The number of hydrogen-bond acceptors (Lipinski definition) is 8. The minimum absolute atomic E-state index is 0.0486. The summed E-state index contributed by atoms with van der Waals surface area (Å²) < 4.78 is 10.6. The van der Waals surface area contributed by atoms with Gasteiger partial charge in [-0.2, -0.15) is 4.98 Å². The highest BCUT2D eigenvalue weighted by atomic mass is 32.1. The fourth-order valence-corrected chi connectivity index (χ4v) is 5.03. The van der Waals surface area contributed by atoms with Crippen molar-refractivity contribution in [2.75, 3.05) is 47.4 Å². The zero-order chi connectivity index (χ0) is 24.2. The molecule has 180 valence electrons. The Labute approximate surface area is 202 Å². The standard InChI is InChI=1S/C24H29N5O4S/c1-15-19-22(33-4)26-18(14-32-3)27-23(19)34-20(15)21(30)25-13-16-5-7-17(8-6-16)24(31)29-11-9-28(2)10-12-29/h5-8H,9-14H2,1-4H3,(H,25,30). The molecule has 0 saturated carbocycles. The maximum Gasteiger partial charge on any atom is 0.261 e. The number of piperazine rings is 1. The molecule has 2 amide bonds. The molecule has 4 rings (SSSR count). The summed E-state index contributed by atoms with van der Waals surface area (Å²) in [6.07, 6.45) is 0. The second-order valence-corrected chi connectivity index (χ2v) is 9.29. The number of hydrogen-bond donors (Lipinski definition) is 1. The number of likely N-dealkylation sites (N-methyl/N-ethyl adjacent to an activating group) is 1. The number of amides is 2. The third kappa shape index (κ3) is 5.03. The molecule has 1 aliphatic rings. The van der Waals surface area contributed by atoms with Gasteiger partial charge in [0.05, 0.1) is 17.4 Å². The van der Waals surface area contributed by atoms with Gasteiger partial charge in [0, 0.05) is 45.4 Å². The SMILES string of the molecule is COCc1nc(OC)c2c(C)c(C(=O)NCc3ccc(C(=O)N4CCN(C)CC4)cc3)sc2n1. The third-order valence-electron chi connectivity index (χ3n) is 5.92. The summed E-state index contributed by atoms with van der Waals surface area (Å²) >= 11 is 1.31. The molecule has 10 heteroatoms. The number of thiophene rings is 1. The number of methoxy groups -OCH3 is 2. The molecule has 0 spiro atoms. The zero-order valence-electron chi connectivity index (χ0n) is 19.9. The van der Waals surface area contributed by atoms with Gasteiger partial charge in [-0.15, -0.1) is 11.3 Å². The predicted molar refractivity (Wildman–Crippen MR) is 130 cm³/mol. The highest BCUT2D eigenvalue weighted by Crippen LogP contribution is 2.35. The molecule has 0 aliphatic carbocycles. The second kappa shape index (κ2) is 10.5. The van der Waals surface area contributed by atoms with Gasteiger partial charge < -0.3 is 24.6 Å². The monoisotopic (exact) mass is 483 g/mol. The van der Waals surface area contributed by atoms with Crippen LogP contribution >= 0.6 is 11.3 Å². The average molecular weight is 484 g/mol. The van der Waals surface area contributed by atoms with Crippen molar-refractivity contribution >= 4 is 33.4 Å². The Morgan fingerprint density at radius 2 is 1.79 bits per heavy atom. The number of benzene rings is 1. The molecule has 0 bridgehead atoms. The minimum atomic E-state index is -0.187. The van der Waals surface area contributed by atoms with E-state index in [1.54, 1.807) is 14.2 Å². The number of fused-ring (bicyclic) bond motifs is 1. The molecule has 9 nitrogen and oxygen atoms in total. The van der Waals surface area contributed by atoms with Crippen LogP contribution in [0.3, 0.4) is 0 Å². The molecule has 1 aliphatic heterocycles. The van der Waals surface area contributed by atoms with E-state index < -0.39 is 0 Å². The van der Waals surface area contributed by atoms with Gasteiger partial charge in [0.1, 0.15) is 11.4 Å². The van der Waals surface area contributed by atoms with E-state index in [1.807, 2.05) is 36.1 Å². The van der Waals surface area contributed by atoms with E-state index in [1.165, 1.54) is 11.3 Å². The molecule has 0 radical (unpaired) electrons. The first-order valence-corrected chi connectivity index (χ1v) is 11.9. The Morgan fingerprint density at radius 3 is 2.44 bits per heavy atom. The lowest BCUT2D eigenvalue weighted by molar-refractivity contribution is 0.0664. The Kier molecular flexibility index (Phi) is 7.40. The lowest BCUT2D eigenvalue weighted by Crippen LogP contribution is -2.47. The van der Waals surface area contributed by atoms with E-state index in [4.69, 9.17) is 9.47 Å². The number of carbonyl (C=O) groups is 2. The Balaban J connectivity index is 1.43. The maximum atomic E-state index is 12.9. The number of nitrogens with zero attached hydrogens (tertiary/aromatic N) is 4. The molecule has 2 aromatic heterocycles. The summed E-state index contributed by atoms with van der Waals surface area (Å²) in [6, 6.07) is 7.41. The second-order valence-electron chi connectivity index (χ2n) is 8.29. The number of carbonyl (C=O) groups excluding carboxylic acids is 2. The molecule has 1 aromatic carbocycles. The lowest BCUT2D eigenvalue weighted by atomic mass is 10.1. The molecule has 3 aromatic rings. The molecule has 0 atom stereocenters. The van der Waals surface area contributed by atoms with E-state index >= 15 is 0 Å². The average Bonchev–Trinajstić information content (AvgIpc) is 3.19. The first kappa shape index (κ1) is 24.1. The summed E-state index contributed by atoms with van der Waals surface area (Å²) in [5.41, 5.74) is 2.37. The van der Waals surface area contributed by atoms with E-state index in [-0.39, 0.29) is 18.4 Å². The lowest BCUT2D eigenvalue weighted by Gasteiger charge is -2.32. The molecule has 0 unspecified atom stereocenters. The summed E-state index contributed by atoms with van der Waals surface area (Å²) in [7, 11) is 5.19. The Hall–Kier alpha value is -3.08. The number of ether oxygens (including phenoxy) is 2. The predicted octanol–water partition coefficient (Wildman–Crippen LogP) is 2.47. The molecular weight excluding hydrogens is 454 g/mol. The van der Waals surface area contributed by atoms with Gasteiger partial charge in [-0.25, -0.2) is 4.98 Å². The van der Waals surface area contributed by atoms with Crippen LogP contribution in [0.15, 0.2) is 24.3 Å². The van der Waals surface area contributed by atoms with Gasteiger partial charge in [-0.1, -0.05) is 12.1 Å². The fraction of sp³-hybridized carbons (Fsp3) is 0.417. The van der Waals surface area contributed by atoms with Crippen molar-refractivity contribution in [2.45, 2.75) is 20.1 Å². The molecular formula is C24H29N5O4S. The summed E-state index contributed by atoms with van der Waals surface area (Å²) in [5.74, 6) is 0.803. The summed E-state index contributed by atoms with van der Waals surface area (Å²) in [5, 5.41) is 3.71. The smallest absolute Gasteiger partial charge is 0.261 e. The summed E-state index contributed by atoms with van der Waals surface area (Å²) in [6.45, 7) is 5.74. The van der Waals surface area contributed by atoms with Crippen molar-refractivity contribution < 1.29 is 19.1 Å². The van der Waals surface area contributed by atoms with E-state index in [0.717, 1.165) is 42.7 Å². The van der Waals surface area contributed by atoms with Gasteiger partial charge in [0.25, 0.3) is 11.8 Å². The normalized spacial score (nSPS) is 14.4. The van der Waals surface area contributed by atoms with Crippen molar-refractivity contribution in [1.29, 1.82) is 0 Å². The third-order valence-corrected chi connectivity index (χ3v) is 7.11. The van der Waals surface area contributed by atoms with Crippen LogP contribution < -0.4 is 10.1 Å². The zero-order valence-corrected chi connectivity index (χ0v) is 20.7. The van der Waals surface area contributed by atoms with Crippen molar-refractivity contribution in [3.8, 4) is 5.88 Å². The van der Waals surface area contributed by atoms with E-state index in [2.05, 4.69) is 27.2 Å². The molecule has 1 fully saturated rings. The number of aromatic nitrogens is 2. The topological polar surface area (TPSA) is 96.9 Å². The first-order chi connectivity index (χ1) is 16.4. The largest absolute Gasteiger partial charge is 0.480 e. The van der Waals surface area contributed by atoms with Gasteiger partial charge in [0.2, 0.25) is 5.88 Å². The van der Waals surface area contributed by atoms with Crippen LogP contribution in [0.2, 0.25) is 0 Å². The molecule has 1 N–H and O–H groups in total. The highest BCUT2D eigenvalue weighted by Gasteiger charge is 2.22. The van der Waals surface area contributed by atoms with Crippen LogP contribution in [0.5, 0.6) is 5.88 Å². The van der Waals surface area contributed by atoms with Crippen molar-refractivity contribution in [2.24, 2.45) is 0 Å². The number of rotatable bonds is 7. The summed E-state index contributed by atoms with van der Waals surface area (Å²) in [4.78, 5) is 39.9. The number of nitrogens with one attached hydrogen (secondary N) is 1. The van der Waals surface area contributed by atoms with Crippen molar-refractivity contribution in [1.82, 2.24) is 25.1 Å². The fourth-order valence-electron chi connectivity index (χ4n) is 3.92. The van der Waals surface area contributed by atoms with Gasteiger partial charge in [-0.3, -0.25) is 9.59 Å². The van der Waals surface area contributed by atoms with Crippen LogP contribution in [0.25, 0.3) is 10.2 Å². The van der Waals surface area contributed by atoms with Gasteiger partial charge in [-0.05, 0) is 37.2 Å². The Morgan fingerprint density at radius 1 is 1.09 bits per heavy atom. The van der Waals surface area contributed by atoms with E-state index in [0.29, 0.717) is 33.5 Å². The highest BCUT2D eigenvalue weighted by molar-refractivity contribution is 7.20. The first-order valence-electron chi connectivity index (χ1n) is 11.1. The maximum absolute atomic E-state index is 12.9. The Bertz CT molecular complexity index is 1190. The van der Waals surface area contributed by atoms with Gasteiger partial charge in [0.15, 0.2) is 5.82 Å². The van der Waals surface area contributed by atoms with Crippen LogP contribution in [0.4, 0.5) is 0 Å². The van der Waals surface area contributed by atoms with E-state index in [9.17, 15) is 9.59 Å². The van der Waals surface area contributed by atoms with Gasteiger partial charge >= 0.3 is 0 Å². The molecule has 1 saturated heterocycles. The molecule has 34 heavy (non-hydrogen) atoms.